The van der Waals surface area contributed by atoms with Gasteiger partial charge in [-0.15, -0.1) is 0 Å². The first-order chi connectivity index (χ1) is 7.01. The predicted molar refractivity (Wildman–Crippen MR) is 55.8 cm³/mol. The fourth-order valence-electron chi connectivity index (χ4n) is 2.55. The quantitative estimate of drug-likeness (QED) is 0.742. The van der Waals surface area contributed by atoms with E-state index in [0.717, 1.165) is 19.4 Å². The normalized spacial score (nSPS) is 35.9. The third kappa shape index (κ3) is 2.01. The van der Waals surface area contributed by atoms with E-state index in [-0.39, 0.29) is 0 Å². The van der Waals surface area contributed by atoms with Crippen molar-refractivity contribution in [1.29, 1.82) is 0 Å². The van der Waals surface area contributed by atoms with Gasteiger partial charge in [-0.05, 0) is 26.7 Å². The predicted octanol–water partition coefficient (Wildman–Crippen LogP) is 0.960. The highest BCUT2D eigenvalue weighted by Gasteiger charge is 2.47. The summed E-state index contributed by atoms with van der Waals surface area (Å²) in [5, 5.41) is 9.01. The molecular formula is C11H19NO3. The minimum Gasteiger partial charge on any atom is -0.481 e. The molecule has 0 spiro atoms. The highest BCUT2D eigenvalue weighted by atomic mass is 16.5. The number of aliphatic carboxylic acids is 1. The molecule has 0 radical (unpaired) electrons. The van der Waals surface area contributed by atoms with Gasteiger partial charge in [0.15, 0.2) is 0 Å². The summed E-state index contributed by atoms with van der Waals surface area (Å²) in [6.07, 6.45) is 2.40. The van der Waals surface area contributed by atoms with Crippen LogP contribution in [0.4, 0.5) is 0 Å². The average molecular weight is 213 g/mol. The number of hydrogen-bond acceptors (Lipinski definition) is 3. The van der Waals surface area contributed by atoms with Crippen molar-refractivity contribution < 1.29 is 14.6 Å². The third-order valence-electron chi connectivity index (χ3n) is 3.59. The smallest absolute Gasteiger partial charge is 0.311 e. The Morgan fingerprint density at radius 3 is 2.73 bits per heavy atom. The minimum atomic E-state index is -0.668. The van der Waals surface area contributed by atoms with Crippen molar-refractivity contribution in [3.05, 3.63) is 0 Å². The van der Waals surface area contributed by atoms with E-state index in [2.05, 4.69) is 11.8 Å². The molecule has 2 unspecified atom stereocenters. The van der Waals surface area contributed by atoms with E-state index in [0.29, 0.717) is 25.2 Å². The van der Waals surface area contributed by atoms with Gasteiger partial charge in [-0.3, -0.25) is 9.69 Å². The first-order valence-corrected chi connectivity index (χ1v) is 5.60. The molecule has 2 fully saturated rings. The Kier molecular flexibility index (Phi) is 2.73. The molecule has 2 saturated heterocycles. The fourth-order valence-corrected chi connectivity index (χ4v) is 2.55. The Morgan fingerprint density at radius 2 is 2.20 bits per heavy atom. The van der Waals surface area contributed by atoms with Gasteiger partial charge in [0.25, 0.3) is 0 Å². The van der Waals surface area contributed by atoms with Crippen LogP contribution in [0.5, 0.6) is 0 Å². The standard InChI is InChI=1S/C11H19NO3/c1-8-5-9(3-4-15-8)12-6-11(2,7-12)10(13)14/h8-9H,3-7H2,1-2H3,(H,13,14). The van der Waals surface area contributed by atoms with E-state index in [1.165, 1.54) is 0 Å². The summed E-state index contributed by atoms with van der Waals surface area (Å²) in [7, 11) is 0. The summed E-state index contributed by atoms with van der Waals surface area (Å²) >= 11 is 0. The number of carboxylic acids is 1. The van der Waals surface area contributed by atoms with Gasteiger partial charge in [0.1, 0.15) is 0 Å². The Bertz CT molecular complexity index is 261. The van der Waals surface area contributed by atoms with Crippen molar-refractivity contribution in [2.45, 2.75) is 38.8 Å². The first kappa shape index (κ1) is 10.9. The van der Waals surface area contributed by atoms with E-state index < -0.39 is 11.4 Å². The van der Waals surface area contributed by atoms with Crippen LogP contribution in [0.3, 0.4) is 0 Å². The molecule has 4 heteroatoms. The van der Waals surface area contributed by atoms with Crippen LogP contribution in [-0.4, -0.2) is 47.8 Å². The van der Waals surface area contributed by atoms with E-state index in [1.54, 1.807) is 0 Å². The minimum absolute atomic E-state index is 0.320. The monoisotopic (exact) mass is 213 g/mol. The molecule has 0 bridgehead atoms. The van der Waals surface area contributed by atoms with Crippen LogP contribution in [0.25, 0.3) is 0 Å². The van der Waals surface area contributed by atoms with E-state index in [1.807, 2.05) is 6.92 Å². The number of carboxylic acid groups (broad SMARTS) is 1. The molecule has 0 aromatic heterocycles. The van der Waals surface area contributed by atoms with Crippen LogP contribution in [0.1, 0.15) is 26.7 Å². The second-order valence-corrected chi connectivity index (χ2v) is 5.13. The summed E-state index contributed by atoms with van der Waals surface area (Å²) in [5.41, 5.74) is -0.512. The Balaban J connectivity index is 1.86. The number of hydrogen-bond donors (Lipinski definition) is 1. The molecule has 2 heterocycles. The lowest BCUT2D eigenvalue weighted by atomic mass is 9.80. The molecule has 2 aliphatic rings. The van der Waals surface area contributed by atoms with Gasteiger partial charge >= 0.3 is 5.97 Å². The lowest BCUT2D eigenvalue weighted by Gasteiger charge is -2.50. The second kappa shape index (κ2) is 3.76. The second-order valence-electron chi connectivity index (χ2n) is 5.13. The van der Waals surface area contributed by atoms with Crippen molar-refractivity contribution in [1.82, 2.24) is 4.90 Å². The van der Waals surface area contributed by atoms with Crippen molar-refractivity contribution in [2.24, 2.45) is 5.41 Å². The molecule has 86 valence electrons. The summed E-state index contributed by atoms with van der Waals surface area (Å²) in [5.74, 6) is -0.668. The fraction of sp³-hybridized carbons (Fsp3) is 0.909. The first-order valence-electron chi connectivity index (χ1n) is 5.60. The largest absolute Gasteiger partial charge is 0.481 e. The molecule has 0 aromatic carbocycles. The van der Waals surface area contributed by atoms with Crippen molar-refractivity contribution in [2.75, 3.05) is 19.7 Å². The zero-order chi connectivity index (χ0) is 11.1. The summed E-state index contributed by atoms with van der Waals surface area (Å²) in [6, 6.07) is 0.529. The molecule has 0 amide bonds. The highest BCUT2D eigenvalue weighted by molar-refractivity contribution is 5.76. The molecule has 2 aliphatic heterocycles. The number of rotatable bonds is 2. The van der Waals surface area contributed by atoms with Crippen LogP contribution < -0.4 is 0 Å². The van der Waals surface area contributed by atoms with Crippen molar-refractivity contribution >= 4 is 5.97 Å². The van der Waals surface area contributed by atoms with Crippen LogP contribution in [-0.2, 0) is 9.53 Å². The van der Waals surface area contributed by atoms with E-state index in [9.17, 15) is 4.79 Å². The summed E-state index contributed by atoms with van der Waals surface area (Å²) in [6.45, 7) is 6.11. The topological polar surface area (TPSA) is 49.8 Å². The van der Waals surface area contributed by atoms with Crippen LogP contribution >= 0.6 is 0 Å². The molecule has 2 atom stereocenters. The maximum absolute atomic E-state index is 10.9. The van der Waals surface area contributed by atoms with Gasteiger partial charge in [0.2, 0.25) is 0 Å². The van der Waals surface area contributed by atoms with E-state index in [4.69, 9.17) is 9.84 Å². The van der Waals surface area contributed by atoms with Gasteiger partial charge in [-0.25, -0.2) is 0 Å². The van der Waals surface area contributed by atoms with Gasteiger partial charge in [-0.2, -0.15) is 0 Å². The van der Waals surface area contributed by atoms with Crippen molar-refractivity contribution in [3.63, 3.8) is 0 Å². The summed E-state index contributed by atoms with van der Waals surface area (Å²) in [4.78, 5) is 13.2. The molecule has 15 heavy (non-hydrogen) atoms. The summed E-state index contributed by atoms with van der Waals surface area (Å²) < 4.78 is 5.48. The molecule has 1 N–H and O–H groups in total. The third-order valence-corrected chi connectivity index (χ3v) is 3.59. The zero-order valence-corrected chi connectivity index (χ0v) is 9.40. The number of ether oxygens (including phenoxy) is 1. The number of likely N-dealkylation sites (tertiary alicyclic amines) is 1. The van der Waals surface area contributed by atoms with Crippen LogP contribution in [0.2, 0.25) is 0 Å². The maximum Gasteiger partial charge on any atom is 0.311 e. The average Bonchev–Trinajstić information content (AvgIpc) is 2.12. The van der Waals surface area contributed by atoms with Gasteiger partial charge in [0, 0.05) is 25.7 Å². The molecule has 0 aromatic rings. The molecule has 2 rings (SSSR count). The SMILES string of the molecule is CC1CC(N2CC(C)(C(=O)O)C2)CCO1. The Labute approximate surface area is 90.2 Å². The lowest BCUT2D eigenvalue weighted by Crippen LogP contribution is -2.62. The van der Waals surface area contributed by atoms with Crippen molar-refractivity contribution in [3.8, 4) is 0 Å². The molecule has 4 nitrogen and oxygen atoms in total. The molecular weight excluding hydrogens is 194 g/mol. The van der Waals surface area contributed by atoms with E-state index >= 15 is 0 Å². The molecule has 0 aliphatic carbocycles. The Morgan fingerprint density at radius 1 is 1.53 bits per heavy atom. The maximum atomic E-state index is 10.9. The Hall–Kier alpha value is -0.610. The van der Waals surface area contributed by atoms with Gasteiger partial charge < -0.3 is 9.84 Å². The zero-order valence-electron chi connectivity index (χ0n) is 9.40. The molecule has 0 saturated carbocycles. The van der Waals surface area contributed by atoms with Crippen LogP contribution in [0, 0.1) is 5.41 Å². The lowest BCUT2D eigenvalue weighted by molar-refractivity contribution is -0.163. The van der Waals surface area contributed by atoms with Gasteiger partial charge in [-0.1, -0.05) is 0 Å². The number of nitrogens with zero attached hydrogens (tertiary/aromatic N) is 1. The number of carbonyl (C=O) groups is 1. The highest BCUT2D eigenvalue weighted by Crippen LogP contribution is 2.34. The van der Waals surface area contributed by atoms with Gasteiger partial charge in [0.05, 0.1) is 11.5 Å². The van der Waals surface area contributed by atoms with Crippen LogP contribution in [0.15, 0.2) is 0 Å².